The van der Waals surface area contributed by atoms with Crippen LogP contribution in [0.25, 0.3) is 16.9 Å². The summed E-state index contributed by atoms with van der Waals surface area (Å²) in [7, 11) is 0. The lowest BCUT2D eigenvalue weighted by atomic mass is 9.87. The van der Waals surface area contributed by atoms with Gasteiger partial charge in [0.15, 0.2) is 11.5 Å². The molecule has 0 bridgehead atoms. The SMILES string of the molecule is CC(C)Nc1cc(-n2ncc3cc(C#N)cnc32)ncc1C(=O)NCCC1(O)CCN(C2COC2)CC1. The van der Waals surface area contributed by atoms with Crippen LogP contribution in [-0.4, -0.2) is 86.2 Å². The number of hydrogen-bond acceptors (Lipinski definition) is 9. The molecule has 11 heteroatoms. The van der Waals surface area contributed by atoms with Crippen molar-refractivity contribution in [1.82, 2.24) is 30.0 Å². The minimum absolute atomic E-state index is 0.0828. The molecule has 3 N–H and O–H groups in total. The zero-order valence-electron chi connectivity index (χ0n) is 21.1. The van der Waals surface area contributed by atoms with Crippen LogP contribution in [-0.2, 0) is 4.74 Å². The van der Waals surface area contributed by atoms with Gasteiger partial charge in [-0.2, -0.15) is 15.0 Å². The van der Waals surface area contributed by atoms with Crippen molar-refractivity contribution in [2.75, 3.05) is 38.2 Å². The first-order valence-electron chi connectivity index (χ1n) is 12.7. The van der Waals surface area contributed by atoms with Gasteiger partial charge in [0.2, 0.25) is 0 Å². The van der Waals surface area contributed by atoms with Gasteiger partial charge in [-0.25, -0.2) is 9.97 Å². The fourth-order valence-electron chi connectivity index (χ4n) is 4.81. The van der Waals surface area contributed by atoms with Crippen molar-refractivity contribution in [2.45, 2.75) is 50.8 Å². The van der Waals surface area contributed by atoms with Gasteiger partial charge in [-0.1, -0.05) is 0 Å². The van der Waals surface area contributed by atoms with Gasteiger partial charge in [0.05, 0.1) is 47.9 Å². The highest BCUT2D eigenvalue weighted by Crippen LogP contribution is 2.28. The van der Waals surface area contributed by atoms with Crippen molar-refractivity contribution >= 4 is 22.6 Å². The van der Waals surface area contributed by atoms with E-state index in [2.05, 4.69) is 36.7 Å². The lowest BCUT2D eigenvalue weighted by molar-refractivity contribution is -0.100. The first-order valence-corrected chi connectivity index (χ1v) is 12.7. The molecule has 5 heterocycles. The highest BCUT2D eigenvalue weighted by atomic mass is 16.5. The van der Waals surface area contributed by atoms with Crippen LogP contribution >= 0.6 is 0 Å². The molecule has 0 spiro atoms. The predicted octanol–water partition coefficient (Wildman–Crippen LogP) is 1.85. The second-order valence-corrected chi connectivity index (χ2v) is 10.1. The van der Waals surface area contributed by atoms with Crippen molar-refractivity contribution in [1.29, 1.82) is 5.26 Å². The van der Waals surface area contributed by atoms with E-state index in [1.807, 2.05) is 13.8 Å². The maximum atomic E-state index is 13.1. The van der Waals surface area contributed by atoms with E-state index in [0.717, 1.165) is 31.7 Å². The molecule has 11 nitrogen and oxygen atoms in total. The molecule has 2 aliphatic rings. The molecule has 0 aromatic carbocycles. The summed E-state index contributed by atoms with van der Waals surface area (Å²) in [5, 5.41) is 31.5. The largest absolute Gasteiger partial charge is 0.390 e. The monoisotopic (exact) mass is 504 g/mol. The Morgan fingerprint density at radius 1 is 1.24 bits per heavy atom. The van der Waals surface area contributed by atoms with E-state index >= 15 is 0 Å². The Balaban J connectivity index is 1.26. The predicted molar refractivity (Wildman–Crippen MR) is 137 cm³/mol. The molecule has 194 valence electrons. The Kier molecular flexibility index (Phi) is 7.06. The van der Waals surface area contributed by atoms with Gasteiger partial charge in [0.1, 0.15) is 6.07 Å². The van der Waals surface area contributed by atoms with E-state index in [4.69, 9.17) is 10.00 Å². The number of nitrogens with one attached hydrogen (secondary N) is 2. The van der Waals surface area contributed by atoms with Crippen molar-refractivity contribution in [2.24, 2.45) is 0 Å². The van der Waals surface area contributed by atoms with Gasteiger partial charge in [-0.3, -0.25) is 9.69 Å². The van der Waals surface area contributed by atoms with Crippen LogP contribution in [0.1, 0.15) is 49.0 Å². The first-order chi connectivity index (χ1) is 17.8. The molecule has 0 aliphatic carbocycles. The number of rotatable bonds is 8. The molecule has 0 unspecified atom stereocenters. The lowest BCUT2D eigenvalue weighted by Crippen LogP contribution is -2.55. The van der Waals surface area contributed by atoms with Crippen LogP contribution in [0.2, 0.25) is 0 Å². The highest BCUT2D eigenvalue weighted by Gasteiger charge is 2.36. The molecule has 3 aromatic rings. The number of amides is 1. The van der Waals surface area contributed by atoms with Crippen LogP contribution in [0.3, 0.4) is 0 Å². The summed E-state index contributed by atoms with van der Waals surface area (Å²) in [4.78, 5) is 24.3. The topological polar surface area (TPSA) is 141 Å². The number of aromatic nitrogens is 4. The van der Waals surface area contributed by atoms with Gasteiger partial charge in [-0.15, -0.1) is 0 Å². The number of carbonyl (C=O) groups excluding carboxylic acids is 1. The zero-order valence-corrected chi connectivity index (χ0v) is 21.1. The Bertz CT molecular complexity index is 1320. The molecule has 0 radical (unpaired) electrons. The lowest BCUT2D eigenvalue weighted by Gasteiger charge is -2.44. The van der Waals surface area contributed by atoms with Gasteiger partial charge in [0, 0.05) is 49.5 Å². The number of ether oxygens (including phenoxy) is 1. The molecule has 2 saturated heterocycles. The minimum atomic E-state index is -0.769. The Labute approximate surface area is 215 Å². The number of nitriles is 1. The summed E-state index contributed by atoms with van der Waals surface area (Å²) >= 11 is 0. The second-order valence-electron chi connectivity index (χ2n) is 10.1. The second kappa shape index (κ2) is 10.4. The average molecular weight is 505 g/mol. The van der Waals surface area contributed by atoms with Gasteiger partial charge >= 0.3 is 0 Å². The number of carbonyl (C=O) groups is 1. The molecule has 5 rings (SSSR count). The normalized spacial score (nSPS) is 17.9. The van der Waals surface area contributed by atoms with E-state index in [9.17, 15) is 9.90 Å². The van der Waals surface area contributed by atoms with Gasteiger partial charge < -0.3 is 20.5 Å². The summed E-state index contributed by atoms with van der Waals surface area (Å²) in [6.07, 6.45) is 6.54. The van der Waals surface area contributed by atoms with E-state index in [0.29, 0.717) is 60.1 Å². The minimum Gasteiger partial charge on any atom is -0.390 e. The molecular weight excluding hydrogens is 472 g/mol. The maximum absolute atomic E-state index is 13.1. The molecule has 37 heavy (non-hydrogen) atoms. The van der Waals surface area contributed by atoms with E-state index in [1.54, 1.807) is 23.0 Å². The standard InChI is InChI=1S/C26H32N8O3/c1-17(2)32-22-10-23(34-24-19(13-31-34)9-18(11-27)12-30-24)29-14-21(22)25(35)28-6-3-26(36)4-7-33(8-5-26)20-15-37-16-20/h9-10,12-14,17,20,36H,3-8,15-16H2,1-2H3,(H,28,35)(H,29,32). The summed E-state index contributed by atoms with van der Waals surface area (Å²) in [5.74, 6) is 0.252. The Hall–Kier alpha value is -3.59. The third-order valence-electron chi connectivity index (χ3n) is 7.07. The number of hydrogen-bond donors (Lipinski definition) is 3. The van der Waals surface area contributed by atoms with Crippen molar-refractivity contribution in [3.05, 3.63) is 41.9 Å². The van der Waals surface area contributed by atoms with E-state index < -0.39 is 5.60 Å². The van der Waals surface area contributed by atoms with E-state index in [-0.39, 0.29) is 11.9 Å². The van der Waals surface area contributed by atoms with Crippen molar-refractivity contribution in [3.8, 4) is 11.9 Å². The fourth-order valence-corrected chi connectivity index (χ4v) is 4.81. The number of fused-ring (bicyclic) bond motifs is 1. The third-order valence-corrected chi connectivity index (χ3v) is 7.07. The average Bonchev–Trinajstić information content (AvgIpc) is 3.27. The first kappa shape index (κ1) is 25.1. The summed E-state index contributed by atoms with van der Waals surface area (Å²) in [6, 6.07) is 6.14. The van der Waals surface area contributed by atoms with Crippen molar-refractivity contribution in [3.63, 3.8) is 0 Å². The van der Waals surface area contributed by atoms with Crippen LogP contribution in [0.5, 0.6) is 0 Å². The van der Waals surface area contributed by atoms with Crippen LogP contribution < -0.4 is 10.6 Å². The molecule has 0 saturated carbocycles. The summed E-state index contributed by atoms with van der Waals surface area (Å²) in [6.45, 7) is 7.62. The quantitative estimate of drug-likeness (QED) is 0.419. The zero-order chi connectivity index (χ0) is 26.0. The molecule has 1 amide bonds. The summed E-state index contributed by atoms with van der Waals surface area (Å²) < 4.78 is 6.87. The Morgan fingerprint density at radius 2 is 2.03 bits per heavy atom. The smallest absolute Gasteiger partial charge is 0.254 e. The van der Waals surface area contributed by atoms with Gasteiger partial charge in [0.25, 0.3) is 5.91 Å². The number of piperidine rings is 1. The molecule has 0 atom stereocenters. The highest BCUT2D eigenvalue weighted by molar-refractivity contribution is 5.99. The molecular formula is C26H32N8O3. The van der Waals surface area contributed by atoms with E-state index in [1.165, 1.54) is 12.4 Å². The van der Waals surface area contributed by atoms with Crippen LogP contribution in [0.15, 0.2) is 30.7 Å². The molecule has 3 aromatic heterocycles. The number of anilines is 1. The van der Waals surface area contributed by atoms with Crippen LogP contribution in [0.4, 0.5) is 5.69 Å². The summed E-state index contributed by atoms with van der Waals surface area (Å²) in [5.41, 5.74) is 1.31. The molecule has 2 fully saturated rings. The Morgan fingerprint density at radius 3 is 2.70 bits per heavy atom. The maximum Gasteiger partial charge on any atom is 0.254 e. The number of aliphatic hydroxyl groups is 1. The number of nitrogens with zero attached hydrogens (tertiary/aromatic N) is 6. The third kappa shape index (κ3) is 5.41. The fraction of sp³-hybridized carbons (Fsp3) is 0.500. The van der Waals surface area contributed by atoms with Crippen LogP contribution in [0, 0.1) is 11.3 Å². The van der Waals surface area contributed by atoms with Crippen molar-refractivity contribution < 1.29 is 14.6 Å². The molecule has 2 aliphatic heterocycles. The number of likely N-dealkylation sites (tertiary alicyclic amines) is 1. The van der Waals surface area contributed by atoms with Gasteiger partial charge in [-0.05, 0) is 39.2 Å². The number of pyridine rings is 2.